The zero-order valence-electron chi connectivity index (χ0n) is 12.3. The largest absolute Gasteiger partial charge is 0.314 e. The molecule has 2 nitrogen and oxygen atoms in total. The van der Waals surface area contributed by atoms with E-state index >= 15 is 0 Å². The number of hydrogen-bond donors (Lipinski definition) is 1. The maximum Gasteiger partial charge on any atom is 0.0954 e. The highest BCUT2D eigenvalue weighted by Crippen LogP contribution is 2.32. The molecule has 0 spiro atoms. The number of para-hydroxylation sites is 1. The molecule has 1 fully saturated rings. The van der Waals surface area contributed by atoms with Gasteiger partial charge in [0.05, 0.1) is 15.2 Å². The standard InChI is InChI=1S/C17H24N2S/c1-2-10-18-14(11-13-6-5-7-13)12-17-19-15-8-3-4-9-16(15)20-17/h3-4,8-9,13-14,18H,2,5-7,10-12H2,1H3. The van der Waals surface area contributed by atoms with Crippen LogP contribution < -0.4 is 5.32 Å². The SMILES string of the molecule is CCCNC(Cc1nc2ccccc2s1)CC1CCC1. The van der Waals surface area contributed by atoms with Crippen molar-refractivity contribution in [1.82, 2.24) is 10.3 Å². The molecule has 1 heterocycles. The number of nitrogens with one attached hydrogen (secondary N) is 1. The molecular weight excluding hydrogens is 264 g/mol. The van der Waals surface area contributed by atoms with E-state index in [4.69, 9.17) is 4.98 Å². The molecule has 1 aromatic carbocycles. The lowest BCUT2D eigenvalue weighted by atomic mass is 9.80. The van der Waals surface area contributed by atoms with E-state index < -0.39 is 0 Å². The average Bonchev–Trinajstić information content (AvgIpc) is 2.82. The third kappa shape index (κ3) is 3.39. The topological polar surface area (TPSA) is 24.9 Å². The minimum atomic E-state index is 0.612. The minimum Gasteiger partial charge on any atom is -0.314 e. The molecule has 1 aliphatic carbocycles. The third-order valence-electron chi connectivity index (χ3n) is 4.28. The number of benzene rings is 1. The van der Waals surface area contributed by atoms with Crippen molar-refractivity contribution < 1.29 is 0 Å². The molecule has 1 aromatic heterocycles. The number of hydrogen-bond acceptors (Lipinski definition) is 3. The summed E-state index contributed by atoms with van der Waals surface area (Å²) in [4.78, 5) is 4.79. The summed E-state index contributed by atoms with van der Waals surface area (Å²) in [6.45, 7) is 3.37. The molecule has 2 aromatic rings. The smallest absolute Gasteiger partial charge is 0.0954 e. The number of rotatable bonds is 7. The molecule has 0 bridgehead atoms. The van der Waals surface area contributed by atoms with Gasteiger partial charge in [-0.2, -0.15) is 0 Å². The molecule has 20 heavy (non-hydrogen) atoms. The van der Waals surface area contributed by atoms with Crippen LogP contribution in [0.25, 0.3) is 10.2 Å². The van der Waals surface area contributed by atoms with Crippen molar-refractivity contribution in [2.45, 2.75) is 51.5 Å². The molecule has 108 valence electrons. The van der Waals surface area contributed by atoms with Gasteiger partial charge in [0.2, 0.25) is 0 Å². The molecule has 0 saturated heterocycles. The fraction of sp³-hybridized carbons (Fsp3) is 0.588. The van der Waals surface area contributed by atoms with E-state index in [-0.39, 0.29) is 0 Å². The summed E-state index contributed by atoms with van der Waals surface area (Å²) in [5.41, 5.74) is 1.16. The van der Waals surface area contributed by atoms with Crippen molar-refractivity contribution in [3.8, 4) is 0 Å². The van der Waals surface area contributed by atoms with Crippen LogP contribution in [0.4, 0.5) is 0 Å². The predicted molar refractivity (Wildman–Crippen MR) is 87.4 cm³/mol. The van der Waals surface area contributed by atoms with Crippen LogP contribution in [0.15, 0.2) is 24.3 Å². The highest BCUT2D eigenvalue weighted by Gasteiger charge is 2.22. The molecule has 1 atom stereocenters. The number of fused-ring (bicyclic) bond motifs is 1. The Balaban J connectivity index is 1.66. The maximum atomic E-state index is 4.79. The van der Waals surface area contributed by atoms with E-state index in [1.54, 1.807) is 0 Å². The molecule has 1 unspecified atom stereocenters. The lowest BCUT2D eigenvalue weighted by molar-refractivity contribution is 0.259. The van der Waals surface area contributed by atoms with Gasteiger partial charge in [0.25, 0.3) is 0 Å². The molecule has 0 amide bonds. The van der Waals surface area contributed by atoms with Crippen molar-refractivity contribution in [2.75, 3.05) is 6.54 Å². The van der Waals surface area contributed by atoms with E-state index in [2.05, 4.69) is 36.5 Å². The van der Waals surface area contributed by atoms with E-state index in [1.165, 1.54) is 41.8 Å². The lowest BCUT2D eigenvalue weighted by Crippen LogP contribution is -2.35. The Morgan fingerprint density at radius 2 is 2.20 bits per heavy atom. The first-order valence-corrected chi connectivity index (χ1v) is 8.74. The normalized spacial score (nSPS) is 17.2. The summed E-state index contributed by atoms with van der Waals surface area (Å²) in [5.74, 6) is 0.957. The molecule has 3 rings (SSSR count). The lowest BCUT2D eigenvalue weighted by Gasteiger charge is -2.30. The Morgan fingerprint density at radius 1 is 1.35 bits per heavy atom. The van der Waals surface area contributed by atoms with Crippen LogP contribution in [0.1, 0.15) is 44.0 Å². The van der Waals surface area contributed by atoms with Gasteiger partial charge in [0.1, 0.15) is 0 Å². The van der Waals surface area contributed by atoms with Gasteiger partial charge in [0.15, 0.2) is 0 Å². The Bertz CT molecular complexity index is 512. The summed E-state index contributed by atoms with van der Waals surface area (Å²) in [5, 5.41) is 5.02. The maximum absolute atomic E-state index is 4.79. The van der Waals surface area contributed by atoms with Crippen LogP contribution >= 0.6 is 11.3 Å². The van der Waals surface area contributed by atoms with Crippen molar-refractivity contribution in [2.24, 2.45) is 5.92 Å². The van der Waals surface area contributed by atoms with Gasteiger partial charge < -0.3 is 5.32 Å². The van der Waals surface area contributed by atoms with Crippen LogP contribution in [0.3, 0.4) is 0 Å². The fourth-order valence-electron chi connectivity index (χ4n) is 2.94. The molecule has 1 aliphatic rings. The van der Waals surface area contributed by atoms with E-state index in [0.29, 0.717) is 6.04 Å². The first-order valence-electron chi connectivity index (χ1n) is 7.93. The third-order valence-corrected chi connectivity index (χ3v) is 5.34. The monoisotopic (exact) mass is 288 g/mol. The number of aromatic nitrogens is 1. The second kappa shape index (κ2) is 6.68. The Hall–Kier alpha value is -0.930. The summed E-state index contributed by atoms with van der Waals surface area (Å²) in [6.07, 6.45) is 7.94. The van der Waals surface area contributed by atoms with Crippen LogP contribution in [0.5, 0.6) is 0 Å². The highest BCUT2D eigenvalue weighted by molar-refractivity contribution is 7.18. The average molecular weight is 288 g/mol. The van der Waals surface area contributed by atoms with E-state index in [1.807, 2.05) is 11.3 Å². The summed E-state index contributed by atoms with van der Waals surface area (Å²) in [7, 11) is 0. The summed E-state index contributed by atoms with van der Waals surface area (Å²) < 4.78 is 1.32. The Morgan fingerprint density at radius 3 is 2.90 bits per heavy atom. The Kier molecular flexibility index (Phi) is 4.69. The van der Waals surface area contributed by atoms with Gasteiger partial charge in [-0.25, -0.2) is 4.98 Å². The van der Waals surface area contributed by atoms with Crippen molar-refractivity contribution in [1.29, 1.82) is 0 Å². The fourth-order valence-corrected chi connectivity index (χ4v) is 3.98. The first-order chi connectivity index (χ1) is 9.85. The second-order valence-electron chi connectivity index (χ2n) is 5.96. The van der Waals surface area contributed by atoms with Crippen LogP contribution in [-0.2, 0) is 6.42 Å². The van der Waals surface area contributed by atoms with Crippen molar-refractivity contribution >= 4 is 21.6 Å². The zero-order chi connectivity index (χ0) is 13.8. The van der Waals surface area contributed by atoms with Crippen LogP contribution in [-0.4, -0.2) is 17.6 Å². The van der Waals surface area contributed by atoms with Crippen LogP contribution in [0, 0.1) is 5.92 Å². The molecule has 0 aliphatic heterocycles. The minimum absolute atomic E-state index is 0.612. The van der Waals surface area contributed by atoms with Gasteiger partial charge >= 0.3 is 0 Å². The van der Waals surface area contributed by atoms with Crippen molar-refractivity contribution in [3.63, 3.8) is 0 Å². The number of nitrogens with zero attached hydrogens (tertiary/aromatic N) is 1. The quantitative estimate of drug-likeness (QED) is 0.817. The van der Waals surface area contributed by atoms with Gasteiger partial charge in [-0.3, -0.25) is 0 Å². The number of thiazole rings is 1. The summed E-state index contributed by atoms with van der Waals surface area (Å²) >= 11 is 1.86. The molecule has 1 N–H and O–H groups in total. The summed E-state index contributed by atoms with van der Waals surface area (Å²) in [6, 6.07) is 9.09. The molecular formula is C17H24N2S. The van der Waals surface area contributed by atoms with Crippen molar-refractivity contribution in [3.05, 3.63) is 29.3 Å². The van der Waals surface area contributed by atoms with Crippen LogP contribution in [0.2, 0.25) is 0 Å². The van der Waals surface area contributed by atoms with Gasteiger partial charge in [-0.15, -0.1) is 11.3 Å². The van der Waals surface area contributed by atoms with Gasteiger partial charge in [-0.05, 0) is 37.4 Å². The van der Waals surface area contributed by atoms with E-state index in [9.17, 15) is 0 Å². The zero-order valence-corrected chi connectivity index (χ0v) is 13.1. The Labute approximate surface area is 125 Å². The van der Waals surface area contributed by atoms with Gasteiger partial charge in [0, 0.05) is 12.5 Å². The van der Waals surface area contributed by atoms with E-state index in [0.717, 1.165) is 24.4 Å². The van der Waals surface area contributed by atoms with Gasteiger partial charge in [-0.1, -0.05) is 38.3 Å². The molecule has 3 heteroatoms. The molecule has 1 saturated carbocycles. The molecule has 0 radical (unpaired) electrons. The second-order valence-corrected chi connectivity index (χ2v) is 7.08. The highest BCUT2D eigenvalue weighted by atomic mass is 32.1. The first kappa shape index (κ1) is 14.0. The predicted octanol–water partition coefficient (Wildman–Crippen LogP) is 4.40.